The normalized spacial score (nSPS) is 10.3. The number of thiophene rings is 1. The molecule has 2 amide bonds. The van der Waals surface area contributed by atoms with E-state index in [2.05, 4.69) is 15.6 Å². The molecule has 0 unspecified atom stereocenters. The lowest BCUT2D eigenvalue weighted by Gasteiger charge is -2.01. The molecule has 2 heterocycles. The summed E-state index contributed by atoms with van der Waals surface area (Å²) in [6, 6.07) is 3.46. The van der Waals surface area contributed by atoms with Crippen molar-refractivity contribution in [1.29, 1.82) is 0 Å². The largest absolute Gasteiger partial charge is 0.362 e. The van der Waals surface area contributed by atoms with E-state index in [1.165, 1.54) is 22.7 Å². The number of nitrogens with zero attached hydrogens (tertiary/aromatic N) is 1. The molecule has 5 nitrogen and oxygen atoms in total. The first-order valence-electron chi connectivity index (χ1n) is 6.28. The van der Waals surface area contributed by atoms with Crippen LogP contribution in [0.4, 0.5) is 5.13 Å². The Kier molecular flexibility index (Phi) is 4.86. The second kappa shape index (κ2) is 6.62. The maximum atomic E-state index is 12.2. The lowest BCUT2D eigenvalue weighted by Crippen LogP contribution is -2.29. The summed E-state index contributed by atoms with van der Waals surface area (Å²) in [4.78, 5) is 29.4. The smallest absolute Gasteiger partial charge is 0.270 e. The van der Waals surface area contributed by atoms with Crippen molar-refractivity contribution in [2.24, 2.45) is 0 Å². The predicted molar refractivity (Wildman–Crippen MR) is 81.8 cm³/mol. The lowest BCUT2D eigenvalue weighted by molar-refractivity contribution is 0.0853. The van der Waals surface area contributed by atoms with Crippen LogP contribution in [0.25, 0.3) is 0 Å². The van der Waals surface area contributed by atoms with Crippen molar-refractivity contribution in [2.75, 3.05) is 11.9 Å². The lowest BCUT2D eigenvalue weighted by atomic mass is 10.3. The summed E-state index contributed by atoms with van der Waals surface area (Å²) in [6.07, 6.45) is 0.651. The topological polar surface area (TPSA) is 71.1 Å². The SMILES string of the molecule is CCNc1nc(CC)c(C(=O)NC(=O)c2cccs2)s1. The van der Waals surface area contributed by atoms with Crippen molar-refractivity contribution in [3.05, 3.63) is 33.0 Å². The Balaban J connectivity index is 2.14. The van der Waals surface area contributed by atoms with Crippen LogP contribution in [0.15, 0.2) is 17.5 Å². The Morgan fingerprint density at radius 3 is 2.70 bits per heavy atom. The first-order valence-corrected chi connectivity index (χ1v) is 7.98. The van der Waals surface area contributed by atoms with Gasteiger partial charge >= 0.3 is 0 Å². The van der Waals surface area contributed by atoms with Gasteiger partial charge in [-0.15, -0.1) is 11.3 Å². The standard InChI is InChI=1S/C13H15N3O2S2/c1-3-8-10(20-13(15-8)14-4-2)12(18)16-11(17)9-6-5-7-19-9/h5-7H,3-4H2,1-2H3,(H,14,15)(H,16,17,18). The molecule has 0 aromatic carbocycles. The zero-order valence-electron chi connectivity index (χ0n) is 11.2. The fraction of sp³-hybridized carbons (Fsp3) is 0.308. The molecule has 0 saturated heterocycles. The number of anilines is 1. The highest BCUT2D eigenvalue weighted by molar-refractivity contribution is 7.17. The number of hydrogen-bond donors (Lipinski definition) is 2. The summed E-state index contributed by atoms with van der Waals surface area (Å²) < 4.78 is 0. The molecule has 106 valence electrons. The Morgan fingerprint density at radius 1 is 1.30 bits per heavy atom. The Labute approximate surface area is 125 Å². The van der Waals surface area contributed by atoms with Crippen LogP contribution in [0, 0.1) is 0 Å². The minimum atomic E-state index is -0.387. The van der Waals surface area contributed by atoms with Gasteiger partial charge < -0.3 is 5.32 Å². The fourth-order valence-corrected chi connectivity index (χ4v) is 3.26. The molecular formula is C13H15N3O2S2. The second-order valence-corrected chi connectivity index (χ2v) is 5.89. The van der Waals surface area contributed by atoms with Gasteiger partial charge in [0.15, 0.2) is 5.13 Å². The monoisotopic (exact) mass is 309 g/mol. The molecule has 7 heteroatoms. The number of aryl methyl sites for hydroxylation is 1. The third kappa shape index (κ3) is 3.23. The van der Waals surface area contributed by atoms with Crippen LogP contribution in [-0.2, 0) is 6.42 Å². The van der Waals surface area contributed by atoms with Crippen molar-refractivity contribution in [3.8, 4) is 0 Å². The molecule has 2 rings (SSSR count). The van der Waals surface area contributed by atoms with Crippen LogP contribution in [0.3, 0.4) is 0 Å². The fourth-order valence-electron chi connectivity index (χ4n) is 1.62. The first-order chi connectivity index (χ1) is 9.65. The molecule has 2 aromatic rings. The van der Waals surface area contributed by atoms with E-state index in [4.69, 9.17) is 0 Å². The van der Waals surface area contributed by atoms with Gasteiger partial charge in [-0.05, 0) is 24.8 Å². The number of imide groups is 1. The van der Waals surface area contributed by atoms with E-state index in [1.807, 2.05) is 13.8 Å². The van der Waals surface area contributed by atoms with Gasteiger partial charge in [0, 0.05) is 6.54 Å². The summed E-state index contributed by atoms with van der Waals surface area (Å²) >= 11 is 2.58. The van der Waals surface area contributed by atoms with Crippen molar-refractivity contribution in [2.45, 2.75) is 20.3 Å². The predicted octanol–water partition coefficient (Wildman–Crippen LogP) is 2.77. The molecule has 0 fully saturated rings. The molecule has 0 aliphatic heterocycles. The van der Waals surface area contributed by atoms with Gasteiger partial charge in [-0.25, -0.2) is 4.98 Å². The highest BCUT2D eigenvalue weighted by atomic mass is 32.1. The summed E-state index contributed by atoms with van der Waals surface area (Å²) in [5.41, 5.74) is 0.711. The molecule has 0 spiro atoms. The average Bonchev–Trinajstić information content (AvgIpc) is 3.08. The van der Waals surface area contributed by atoms with E-state index >= 15 is 0 Å². The minimum absolute atomic E-state index is 0.370. The quantitative estimate of drug-likeness (QED) is 0.833. The number of hydrogen-bond acceptors (Lipinski definition) is 6. The molecule has 0 radical (unpaired) electrons. The molecule has 0 aliphatic rings. The summed E-state index contributed by atoms with van der Waals surface area (Å²) in [6.45, 7) is 4.64. The number of carbonyl (C=O) groups excluding carboxylic acids is 2. The third-order valence-electron chi connectivity index (χ3n) is 2.54. The van der Waals surface area contributed by atoms with Crippen LogP contribution in [0.5, 0.6) is 0 Å². The number of rotatable bonds is 5. The summed E-state index contributed by atoms with van der Waals surface area (Å²) in [5, 5.41) is 7.99. The maximum absolute atomic E-state index is 12.2. The van der Waals surface area contributed by atoms with Gasteiger partial charge in [0.1, 0.15) is 4.88 Å². The van der Waals surface area contributed by atoms with Crippen molar-refractivity contribution in [1.82, 2.24) is 10.3 Å². The summed E-state index contributed by atoms with van der Waals surface area (Å²) in [5.74, 6) is -0.757. The highest BCUT2D eigenvalue weighted by Crippen LogP contribution is 2.23. The second-order valence-electron chi connectivity index (χ2n) is 3.94. The van der Waals surface area contributed by atoms with E-state index in [9.17, 15) is 9.59 Å². The zero-order chi connectivity index (χ0) is 14.5. The van der Waals surface area contributed by atoms with Gasteiger partial charge in [0.2, 0.25) is 0 Å². The zero-order valence-corrected chi connectivity index (χ0v) is 12.9. The molecule has 0 bridgehead atoms. The van der Waals surface area contributed by atoms with Crippen molar-refractivity contribution < 1.29 is 9.59 Å². The highest BCUT2D eigenvalue weighted by Gasteiger charge is 2.19. The van der Waals surface area contributed by atoms with E-state index in [-0.39, 0.29) is 11.8 Å². The van der Waals surface area contributed by atoms with E-state index in [0.29, 0.717) is 27.0 Å². The van der Waals surface area contributed by atoms with Gasteiger partial charge in [-0.3, -0.25) is 14.9 Å². The van der Waals surface area contributed by atoms with Crippen molar-refractivity contribution >= 4 is 39.6 Å². The van der Waals surface area contributed by atoms with Crippen LogP contribution >= 0.6 is 22.7 Å². The number of amides is 2. The number of aromatic nitrogens is 1. The maximum Gasteiger partial charge on any atom is 0.270 e. The van der Waals surface area contributed by atoms with Gasteiger partial charge in [-0.1, -0.05) is 24.3 Å². The van der Waals surface area contributed by atoms with Crippen LogP contribution < -0.4 is 10.6 Å². The Morgan fingerprint density at radius 2 is 2.10 bits per heavy atom. The minimum Gasteiger partial charge on any atom is -0.362 e. The molecule has 2 N–H and O–H groups in total. The third-order valence-corrected chi connectivity index (χ3v) is 4.46. The van der Waals surface area contributed by atoms with E-state index < -0.39 is 0 Å². The van der Waals surface area contributed by atoms with Crippen molar-refractivity contribution in [3.63, 3.8) is 0 Å². The molecule has 0 atom stereocenters. The van der Waals surface area contributed by atoms with Gasteiger partial charge in [0.05, 0.1) is 10.6 Å². The number of carbonyl (C=O) groups is 2. The van der Waals surface area contributed by atoms with E-state index in [0.717, 1.165) is 6.54 Å². The molecule has 0 saturated carbocycles. The van der Waals surface area contributed by atoms with Crippen LogP contribution in [0.1, 0.15) is 38.9 Å². The Bertz CT molecular complexity index is 605. The summed E-state index contributed by atoms with van der Waals surface area (Å²) in [7, 11) is 0. The molecule has 20 heavy (non-hydrogen) atoms. The number of nitrogens with one attached hydrogen (secondary N) is 2. The molecule has 2 aromatic heterocycles. The molecule has 0 aliphatic carbocycles. The van der Waals surface area contributed by atoms with Gasteiger partial charge in [-0.2, -0.15) is 0 Å². The van der Waals surface area contributed by atoms with Crippen LogP contribution in [-0.4, -0.2) is 23.3 Å². The van der Waals surface area contributed by atoms with Crippen LogP contribution in [0.2, 0.25) is 0 Å². The first kappa shape index (κ1) is 14.7. The Hall–Kier alpha value is -1.73. The van der Waals surface area contributed by atoms with E-state index in [1.54, 1.807) is 17.5 Å². The average molecular weight is 309 g/mol. The molecular weight excluding hydrogens is 294 g/mol. The number of thiazole rings is 1. The van der Waals surface area contributed by atoms with Gasteiger partial charge in [0.25, 0.3) is 11.8 Å².